The first kappa shape index (κ1) is 15.5. The van der Waals surface area contributed by atoms with Gasteiger partial charge < -0.3 is 5.32 Å². The van der Waals surface area contributed by atoms with Gasteiger partial charge in [0, 0.05) is 15.0 Å². The molecule has 1 atom stereocenters. The normalized spacial score (nSPS) is 18.5. The van der Waals surface area contributed by atoms with E-state index < -0.39 is 0 Å². The van der Waals surface area contributed by atoms with Crippen LogP contribution >= 0.6 is 31.9 Å². The molecule has 0 spiro atoms. The fourth-order valence-corrected chi connectivity index (χ4v) is 4.02. The fourth-order valence-electron chi connectivity index (χ4n) is 3.12. The van der Waals surface area contributed by atoms with Crippen molar-refractivity contribution >= 4 is 31.9 Å². The van der Waals surface area contributed by atoms with Gasteiger partial charge in [-0.2, -0.15) is 0 Å². The van der Waals surface area contributed by atoms with Crippen molar-refractivity contribution in [2.24, 2.45) is 5.92 Å². The minimum Gasteiger partial charge on any atom is -0.313 e. The summed E-state index contributed by atoms with van der Waals surface area (Å²) in [6.07, 6.45) is 9.79. The van der Waals surface area contributed by atoms with Crippen LogP contribution in [0.2, 0.25) is 0 Å². The predicted molar refractivity (Wildman–Crippen MR) is 89.5 cm³/mol. The van der Waals surface area contributed by atoms with Crippen molar-refractivity contribution in [1.29, 1.82) is 0 Å². The van der Waals surface area contributed by atoms with Crippen LogP contribution in [0.5, 0.6) is 0 Å². The Labute approximate surface area is 133 Å². The summed E-state index contributed by atoms with van der Waals surface area (Å²) in [5, 5.41) is 3.48. The Morgan fingerprint density at radius 2 is 1.95 bits per heavy atom. The van der Waals surface area contributed by atoms with Crippen LogP contribution in [0.4, 0.5) is 0 Å². The van der Waals surface area contributed by atoms with Crippen molar-refractivity contribution in [2.75, 3.05) is 7.05 Å². The maximum atomic E-state index is 3.68. The van der Waals surface area contributed by atoms with E-state index in [1.807, 2.05) is 0 Å². The summed E-state index contributed by atoms with van der Waals surface area (Å²) in [5.41, 5.74) is 1.37. The van der Waals surface area contributed by atoms with E-state index >= 15 is 0 Å². The van der Waals surface area contributed by atoms with E-state index in [4.69, 9.17) is 0 Å². The van der Waals surface area contributed by atoms with Gasteiger partial charge in [0.1, 0.15) is 0 Å². The van der Waals surface area contributed by atoms with E-state index in [2.05, 4.69) is 62.4 Å². The lowest BCUT2D eigenvalue weighted by atomic mass is 9.84. The summed E-state index contributed by atoms with van der Waals surface area (Å²) < 4.78 is 2.36. The molecule has 1 aliphatic rings. The first-order chi connectivity index (χ1) is 9.20. The van der Waals surface area contributed by atoms with E-state index in [-0.39, 0.29) is 0 Å². The highest BCUT2D eigenvalue weighted by atomic mass is 79.9. The van der Waals surface area contributed by atoms with Crippen molar-refractivity contribution in [3.8, 4) is 0 Å². The highest BCUT2D eigenvalue weighted by Crippen LogP contribution is 2.33. The average Bonchev–Trinajstić information content (AvgIpc) is 2.44. The molecule has 0 heterocycles. The summed E-state index contributed by atoms with van der Waals surface area (Å²) in [6, 6.07) is 6.89. The van der Waals surface area contributed by atoms with Crippen LogP contribution in [-0.4, -0.2) is 7.05 Å². The Morgan fingerprint density at radius 3 is 2.63 bits per heavy atom. The monoisotopic (exact) mass is 387 g/mol. The molecule has 0 amide bonds. The first-order valence-electron chi connectivity index (χ1n) is 7.33. The second-order valence-electron chi connectivity index (χ2n) is 5.59. The molecule has 1 aromatic carbocycles. The van der Waals surface area contributed by atoms with Crippen LogP contribution in [0.15, 0.2) is 27.1 Å². The van der Waals surface area contributed by atoms with Crippen molar-refractivity contribution in [3.05, 3.63) is 32.7 Å². The molecule has 19 heavy (non-hydrogen) atoms. The van der Waals surface area contributed by atoms with Crippen molar-refractivity contribution in [3.63, 3.8) is 0 Å². The lowest BCUT2D eigenvalue weighted by Gasteiger charge is -2.25. The Hall–Kier alpha value is 0.140. The van der Waals surface area contributed by atoms with Crippen molar-refractivity contribution in [1.82, 2.24) is 5.32 Å². The molecule has 0 aromatic heterocycles. The number of benzene rings is 1. The summed E-state index contributed by atoms with van der Waals surface area (Å²) in [5.74, 6) is 0.954. The maximum Gasteiger partial charge on any atom is 0.0329 e. The molecule has 1 aliphatic carbocycles. The van der Waals surface area contributed by atoms with Gasteiger partial charge in [-0.05, 0) is 49.6 Å². The predicted octanol–water partition coefficient (Wildman–Crippen LogP) is 5.83. The van der Waals surface area contributed by atoms with Crippen LogP contribution < -0.4 is 5.32 Å². The van der Waals surface area contributed by atoms with Gasteiger partial charge in [0.15, 0.2) is 0 Å². The SMILES string of the molecule is CNC(CCC1CCCCC1)c1cc(Br)ccc1Br. The summed E-state index contributed by atoms with van der Waals surface area (Å²) in [6.45, 7) is 0. The zero-order valence-corrected chi connectivity index (χ0v) is 14.8. The van der Waals surface area contributed by atoms with Gasteiger partial charge in [-0.1, -0.05) is 64.0 Å². The third-order valence-corrected chi connectivity index (χ3v) is 5.49. The lowest BCUT2D eigenvalue weighted by Crippen LogP contribution is -2.18. The van der Waals surface area contributed by atoms with Gasteiger partial charge >= 0.3 is 0 Å². The number of rotatable bonds is 5. The molecular weight excluding hydrogens is 366 g/mol. The zero-order chi connectivity index (χ0) is 13.7. The Bertz CT molecular complexity index is 400. The van der Waals surface area contributed by atoms with Crippen LogP contribution in [0.25, 0.3) is 0 Å². The number of hydrogen-bond donors (Lipinski definition) is 1. The van der Waals surface area contributed by atoms with E-state index in [1.54, 1.807) is 0 Å². The second-order valence-corrected chi connectivity index (χ2v) is 7.36. The molecule has 1 unspecified atom stereocenters. The van der Waals surface area contributed by atoms with Gasteiger partial charge in [-0.3, -0.25) is 0 Å². The van der Waals surface area contributed by atoms with Crippen molar-refractivity contribution < 1.29 is 0 Å². The quantitative estimate of drug-likeness (QED) is 0.668. The van der Waals surface area contributed by atoms with Crippen LogP contribution in [0.1, 0.15) is 56.6 Å². The molecule has 2 rings (SSSR count). The molecule has 3 heteroatoms. The zero-order valence-electron chi connectivity index (χ0n) is 11.6. The molecule has 0 saturated heterocycles. The van der Waals surface area contributed by atoms with Gasteiger partial charge in [0.05, 0.1) is 0 Å². The maximum absolute atomic E-state index is 3.68. The number of halogens is 2. The molecule has 0 aliphatic heterocycles. The van der Waals surface area contributed by atoms with E-state index in [9.17, 15) is 0 Å². The van der Waals surface area contributed by atoms with Crippen LogP contribution in [-0.2, 0) is 0 Å². The standard InChI is InChI=1S/C16H23Br2N/c1-19-16(10-7-12-5-3-2-4-6-12)14-11-13(17)8-9-15(14)18/h8-9,11-12,16,19H,2-7,10H2,1H3. The summed E-state index contributed by atoms with van der Waals surface area (Å²) >= 11 is 7.25. The molecule has 1 nitrogen and oxygen atoms in total. The topological polar surface area (TPSA) is 12.0 Å². The van der Waals surface area contributed by atoms with Gasteiger partial charge in [-0.15, -0.1) is 0 Å². The highest BCUT2D eigenvalue weighted by Gasteiger charge is 2.18. The number of hydrogen-bond acceptors (Lipinski definition) is 1. The third-order valence-electron chi connectivity index (χ3n) is 4.27. The summed E-state index contributed by atoms with van der Waals surface area (Å²) in [7, 11) is 2.07. The molecular formula is C16H23Br2N. The second kappa shape index (κ2) is 7.80. The average molecular weight is 389 g/mol. The molecule has 1 saturated carbocycles. The minimum atomic E-state index is 0.453. The number of nitrogens with one attached hydrogen (secondary N) is 1. The summed E-state index contributed by atoms with van der Waals surface area (Å²) in [4.78, 5) is 0. The van der Waals surface area contributed by atoms with E-state index in [1.165, 1.54) is 55.0 Å². The minimum absolute atomic E-state index is 0.453. The highest BCUT2D eigenvalue weighted by molar-refractivity contribution is 9.11. The molecule has 0 radical (unpaired) electrons. The van der Waals surface area contributed by atoms with Gasteiger partial charge in [0.25, 0.3) is 0 Å². The lowest BCUT2D eigenvalue weighted by molar-refractivity contribution is 0.317. The smallest absolute Gasteiger partial charge is 0.0329 e. The van der Waals surface area contributed by atoms with Gasteiger partial charge in [-0.25, -0.2) is 0 Å². The van der Waals surface area contributed by atoms with Gasteiger partial charge in [0.2, 0.25) is 0 Å². The van der Waals surface area contributed by atoms with Crippen molar-refractivity contribution in [2.45, 2.75) is 51.0 Å². The fraction of sp³-hybridized carbons (Fsp3) is 0.625. The molecule has 1 aromatic rings. The molecule has 1 N–H and O–H groups in total. The Morgan fingerprint density at radius 1 is 1.21 bits per heavy atom. The Kier molecular flexibility index (Phi) is 6.37. The van der Waals surface area contributed by atoms with Crippen LogP contribution in [0, 0.1) is 5.92 Å². The van der Waals surface area contributed by atoms with Crippen LogP contribution in [0.3, 0.4) is 0 Å². The first-order valence-corrected chi connectivity index (χ1v) is 8.91. The largest absolute Gasteiger partial charge is 0.313 e. The third kappa shape index (κ3) is 4.57. The molecule has 106 valence electrons. The Balaban J connectivity index is 1.97. The van der Waals surface area contributed by atoms with E-state index in [0.29, 0.717) is 6.04 Å². The van der Waals surface area contributed by atoms with E-state index in [0.717, 1.165) is 10.4 Å². The molecule has 0 bridgehead atoms. The molecule has 1 fully saturated rings.